The number of esters is 1. The van der Waals surface area contributed by atoms with Crippen LogP contribution in [0.1, 0.15) is 31.0 Å². The van der Waals surface area contributed by atoms with Crippen LogP contribution in [0.15, 0.2) is 82.1 Å². The van der Waals surface area contributed by atoms with Crippen LogP contribution < -0.4 is 10.1 Å². The van der Waals surface area contributed by atoms with Crippen molar-refractivity contribution in [2.24, 2.45) is 0 Å². The van der Waals surface area contributed by atoms with Gasteiger partial charge in [-0.1, -0.05) is 71.5 Å². The minimum atomic E-state index is -0.479. The standard InChI is InChI=1S/C25H25BrN4O3S/c1-4-14-32-23(31)21-16(3)27-24-28-25(34-5-2)29-30(24)22(21)18-8-12-20(13-9-18)33-15-17-6-10-19(26)11-7-17/h4,6-13,22H,1,5,14-15H2,2-3H3,(H,27,28,29). The molecule has 0 aliphatic carbocycles. The number of nitrogens with one attached hydrogen (secondary N) is 1. The molecule has 2 aromatic carbocycles. The van der Waals surface area contributed by atoms with Crippen molar-refractivity contribution < 1.29 is 14.3 Å². The Bertz CT molecular complexity index is 1210. The van der Waals surface area contributed by atoms with Crippen molar-refractivity contribution in [3.8, 4) is 5.75 Å². The maximum Gasteiger partial charge on any atom is 0.338 e. The Morgan fingerprint density at radius 2 is 1.97 bits per heavy atom. The van der Waals surface area contributed by atoms with E-state index in [0.717, 1.165) is 27.1 Å². The number of hydrogen-bond donors (Lipinski definition) is 1. The Morgan fingerprint density at radius 1 is 1.24 bits per heavy atom. The molecule has 176 valence electrons. The van der Waals surface area contributed by atoms with Crippen molar-refractivity contribution >= 4 is 39.6 Å². The average Bonchev–Trinajstić information content (AvgIpc) is 3.23. The van der Waals surface area contributed by atoms with E-state index in [9.17, 15) is 4.79 Å². The third-order valence-electron chi connectivity index (χ3n) is 5.17. The number of ether oxygens (including phenoxy) is 2. The number of allylic oxidation sites excluding steroid dienone is 1. The number of carbonyl (C=O) groups excluding carboxylic acids is 1. The lowest BCUT2D eigenvalue weighted by atomic mass is 9.96. The fraction of sp³-hybridized carbons (Fsp3) is 0.240. The summed E-state index contributed by atoms with van der Waals surface area (Å²) in [6.45, 7) is 8.12. The van der Waals surface area contributed by atoms with Crippen LogP contribution in [0.3, 0.4) is 0 Å². The molecule has 1 aliphatic rings. The number of thioether (sulfide) groups is 1. The normalized spacial score (nSPS) is 14.9. The smallest absolute Gasteiger partial charge is 0.338 e. The zero-order chi connectivity index (χ0) is 24.1. The van der Waals surface area contributed by atoms with Gasteiger partial charge in [0.25, 0.3) is 0 Å². The van der Waals surface area contributed by atoms with Crippen molar-refractivity contribution in [3.63, 3.8) is 0 Å². The molecule has 4 rings (SSSR count). The number of aromatic nitrogens is 3. The molecule has 1 unspecified atom stereocenters. The molecule has 1 aromatic heterocycles. The molecular formula is C25H25BrN4O3S. The number of benzene rings is 2. The second-order valence-electron chi connectivity index (χ2n) is 7.53. The van der Waals surface area contributed by atoms with E-state index in [1.807, 2.05) is 62.4 Å². The maximum absolute atomic E-state index is 13.0. The highest BCUT2D eigenvalue weighted by Gasteiger charge is 2.35. The highest BCUT2D eigenvalue weighted by molar-refractivity contribution is 9.10. The molecule has 0 saturated carbocycles. The molecule has 34 heavy (non-hydrogen) atoms. The molecule has 9 heteroatoms. The lowest BCUT2D eigenvalue weighted by molar-refractivity contribution is -0.138. The molecule has 3 aromatic rings. The lowest BCUT2D eigenvalue weighted by Crippen LogP contribution is -2.29. The van der Waals surface area contributed by atoms with E-state index >= 15 is 0 Å². The van der Waals surface area contributed by atoms with Gasteiger partial charge in [0.1, 0.15) is 25.0 Å². The van der Waals surface area contributed by atoms with Crippen LogP contribution in [0, 0.1) is 0 Å². The van der Waals surface area contributed by atoms with Crippen molar-refractivity contribution in [2.75, 3.05) is 17.7 Å². The van der Waals surface area contributed by atoms with Crippen LogP contribution in [0.2, 0.25) is 0 Å². The Kier molecular flexibility index (Phi) is 7.74. The number of nitrogens with zero attached hydrogens (tertiary/aromatic N) is 3. The van der Waals surface area contributed by atoms with E-state index in [1.54, 1.807) is 22.5 Å². The van der Waals surface area contributed by atoms with E-state index in [0.29, 0.717) is 29.0 Å². The van der Waals surface area contributed by atoms with Crippen molar-refractivity contribution in [1.29, 1.82) is 0 Å². The van der Waals surface area contributed by atoms with E-state index in [4.69, 9.17) is 9.47 Å². The molecule has 0 radical (unpaired) electrons. The third-order valence-corrected chi connectivity index (χ3v) is 6.42. The molecule has 0 spiro atoms. The monoisotopic (exact) mass is 540 g/mol. The summed E-state index contributed by atoms with van der Waals surface area (Å²) in [6.07, 6.45) is 1.55. The summed E-state index contributed by atoms with van der Waals surface area (Å²) in [6, 6.07) is 15.2. The van der Waals surface area contributed by atoms with Crippen LogP contribution in [-0.4, -0.2) is 33.1 Å². The van der Waals surface area contributed by atoms with Gasteiger partial charge in [-0.3, -0.25) is 0 Å². The Balaban J connectivity index is 1.62. The van der Waals surface area contributed by atoms with Crippen LogP contribution in [0.4, 0.5) is 5.95 Å². The van der Waals surface area contributed by atoms with Crippen molar-refractivity contribution in [2.45, 2.75) is 31.7 Å². The molecule has 2 heterocycles. The van der Waals surface area contributed by atoms with Gasteiger partial charge < -0.3 is 14.8 Å². The molecule has 0 amide bonds. The van der Waals surface area contributed by atoms with Crippen molar-refractivity contribution in [1.82, 2.24) is 14.8 Å². The summed E-state index contributed by atoms with van der Waals surface area (Å²) in [5.41, 5.74) is 3.12. The quantitative estimate of drug-likeness (QED) is 0.210. The summed E-state index contributed by atoms with van der Waals surface area (Å²) in [5.74, 6) is 1.75. The van der Waals surface area contributed by atoms with Gasteiger partial charge in [-0.2, -0.15) is 4.98 Å². The first kappa shape index (κ1) is 24.1. The van der Waals surface area contributed by atoms with Gasteiger partial charge in [0.15, 0.2) is 0 Å². The summed E-state index contributed by atoms with van der Waals surface area (Å²) in [4.78, 5) is 17.6. The van der Waals surface area contributed by atoms with Gasteiger partial charge in [0.05, 0.1) is 5.57 Å². The van der Waals surface area contributed by atoms with E-state index in [-0.39, 0.29) is 6.61 Å². The fourth-order valence-corrected chi connectivity index (χ4v) is 4.42. The number of fused-ring (bicyclic) bond motifs is 1. The maximum atomic E-state index is 13.0. The highest BCUT2D eigenvalue weighted by atomic mass is 79.9. The number of hydrogen-bond acceptors (Lipinski definition) is 7. The number of anilines is 1. The summed E-state index contributed by atoms with van der Waals surface area (Å²) < 4.78 is 14.1. The molecular weight excluding hydrogens is 516 g/mol. The average molecular weight is 541 g/mol. The molecule has 0 fully saturated rings. The van der Waals surface area contributed by atoms with Crippen LogP contribution in [-0.2, 0) is 16.1 Å². The van der Waals surface area contributed by atoms with Gasteiger partial charge in [-0.05, 0) is 48.1 Å². The van der Waals surface area contributed by atoms with Crippen LogP contribution in [0.25, 0.3) is 0 Å². The first-order valence-corrected chi connectivity index (χ1v) is 12.6. The van der Waals surface area contributed by atoms with Crippen molar-refractivity contribution in [3.05, 3.63) is 88.1 Å². The number of halogens is 1. The minimum Gasteiger partial charge on any atom is -0.489 e. The summed E-state index contributed by atoms with van der Waals surface area (Å²) in [7, 11) is 0. The van der Waals surface area contributed by atoms with E-state index in [2.05, 4.69) is 37.9 Å². The third kappa shape index (κ3) is 5.37. The fourth-order valence-electron chi connectivity index (χ4n) is 3.60. The Labute approximate surface area is 211 Å². The van der Waals surface area contributed by atoms with Crippen LogP contribution in [0.5, 0.6) is 5.75 Å². The second kappa shape index (κ2) is 10.9. The van der Waals surface area contributed by atoms with Gasteiger partial charge in [0.2, 0.25) is 11.1 Å². The minimum absolute atomic E-state index is 0.131. The first-order valence-electron chi connectivity index (χ1n) is 10.8. The second-order valence-corrected chi connectivity index (χ2v) is 9.68. The zero-order valence-electron chi connectivity index (χ0n) is 19.0. The van der Waals surface area contributed by atoms with E-state index < -0.39 is 12.0 Å². The van der Waals surface area contributed by atoms with Gasteiger partial charge in [0, 0.05) is 10.2 Å². The summed E-state index contributed by atoms with van der Waals surface area (Å²) in [5, 5.41) is 8.51. The Morgan fingerprint density at radius 3 is 2.65 bits per heavy atom. The molecule has 1 atom stereocenters. The Hall–Kier alpha value is -3.04. The van der Waals surface area contributed by atoms with Crippen LogP contribution >= 0.6 is 27.7 Å². The lowest BCUT2D eigenvalue weighted by Gasteiger charge is -2.28. The predicted octanol–water partition coefficient (Wildman–Crippen LogP) is 5.75. The molecule has 1 N–H and O–H groups in total. The molecule has 0 bridgehead atoms. The topological polar surface area (TPSA) is 78.3 Å². The SMILES string of the molecule is C=CCOC(=O)C1=C(C)Nc2nc(SCC)nn2C1c1ccc(OCc2ccc(Br)cc2)cc1. The number of rotatable bonds is 9. The first-order chi connectivity index (χ1) is 16.5. The summed E-state index contributed by atoms with van der Waals surface area (Å²) >= 11 is 4.99. The van der Waals surface area contributed by atoms with Gasteiger partial charge in [-0.15, -0.1) is 5.10 Å². The zero-order valence-corrected chi connectivity index (χ0v) is 21.4. The number of carbonyl (C=O) groups is 1. The van der Waals surface area contributed by atoms with Gasteiger partial charge in [-0.25, -0.2) is 9.48 Å². The molecule has 7 nitrogen and oxygen atoms in total. The van der Waals surface area contributed by atoms with Gasteiger partial charge >= 0.3 is 5.97 Å². The molecule has 1 aliphatic heterocycles. The highest BCUT2D eigenvalue weighted by Crippen LogP contribution is 2.37. The molecule has 0 saturated heterocycles. The predicted molar refractivity (Wildman–Crippen MR) is 137 cm³/mol. The van der Waals surface area contributed by atoms with E-state index in [1.165, 1.54) is 0 Å². The largest absolute Gasteiger partial charge is 0.489 e.